The van der Waals surface area contributed by atoms with Crippen molar-refractivity contribution in [1.82, 2.24) is 14.7 Å². The van der Waals surface area contributed by atoms with Crippen molar-refractivity contribution in [3.05, 3.63) is 81.5 Å². The van der Waals surface area contributed by atoms with E-state index in [9.17, 15) is 14.0 Å². The number of para-hydroxylation sites is 2. The lowest BCUT2D eigenvalue weighted by Crippen LogP contribution is -2.33. The summed E-state index contributed by atoms with van der Waals surface area (Å²) in [6.45, 7) is 1.79. The van der Waals surface area contributed by atoms with Gasteiger partial charge in [0.1, 0.15) is 11.5 Å². The molecule has 0 aliphatic heterocycles. The van der Waals surface area contributed by atoms with E-state index in [0.29, 0.717) is 22.8 Å². The maximum Gasteiger partial charge on any atom is 0.278 e. The number of hydrogen-bond acceptors (Lipinski definition) is 5. The van der Waals surface area contributed by atoms with Crippen molar-refractivity contribution in [1.29, 1.82) is 0 Å². The molecular formula is C22H22FN3O4. The first-order valence-corrected chi connectivity index (χ1v) is 9.18. The monoisotopic (exact) mass is 411 g/mol. The largest absolute Gasteiger partial charge is 0.493 e. The van der Waals surface area contributed by atoms with Gasteiger partial charge in [-0.1, -0.05) is 24.3 Å². The summed E-state index contributed by atoms with van der Waals surface area (Å²) >= 11 is 0. The molecule has 3 aromatic rings. The van der Waals surface area contributed by atoms with Crippen molar-refractivity contribution in [2.24, 2.45) is 0 Å². The van der Waals surface area contributed by atoms with Crippen LogP contribution in [0.3, 0.4) is 0 Å². The van der Waals surface area contributed by atoms with Gasteiger partial charge in [-0.05, 0) is 25.1 Å². The van der Waals surface area contributed by atoms with E-state index in [2.05, 4.69) is 5.10 Å². The molecule has 3 rings (SSSR count). The van der Waals surface area contributed by atoms with Gasteiger partial charge in [0, 0.05) is 30.9 Å². The van der Waals surface area contributed by atoms with E-state index < -0.39 is 17.2 Å². The number of nitrogens with zero attached hydrogens (tertiary/aromatic N) is 3. The second-order valence-corrected chi connectivity index (χ2v) is 6.68. The highest BCUT2D eigenvalue weighted by Gasteiger charge is 2.21. The van der Waals surface area contributed by atoms with E-state index in [1.165, 1.54) is 42.0 Å². The van der Waals surface area contributed by atoms with E-state index in [0.717, 1.165) is 0 Å². The summed E-state index contributed by atoms with van der Waals surface area (Å²) in [6, 6.07) is 12.6. The van der Waals surface area contributed by atoms with Crippen molar-refractivity contribution >= 4 is 5.91 Å². The van der Waals surface area contributed by atoms with E-state index in [1.807, 2.05) is 0 Å². The van der Waals surface area contributed by atoms with Gasteiger partial charge in [0.2, 0.25) is 5.43 Å². The third kappa shape index (κ3) is 4.03. The average molecular weight is 411 g/mol. The summed E-state index contributed by atoms with van der Waals surface area (Å²) in [4.78, 5) is 26.8. The summed E-state index contributed by atoms with van der Waals surface area (Å²) in [7, 11) is 4.59. The first-order chi connectivity index (χ1) is 14.4. The van der Waals surface area contributed by atoms with Gasteiger partial charge < -0.3 is 14.4 Å². The predicted molar refractivity (Wildman–Crippen MR) is 110 cm³/mol. The molecule has 0 saturated heterocycles. The second kappa shape index (κ2) is 8.77. The standard InChI is InChI=1S/C22H22FN3O4/c1-14-12-18(27)20(24-26(14)17-10-6-5-9-16(17)23)22(28)25(2)13-15-8-7-11-19(29-3)21(15)30-4/h5-12H,13H2,1-4H3. The molecule has 0 spiro atoms. The van der Waals surface area contributed by atoms with Gasteiger partial charge in [-0.15, -0.1) is 0 Å². The molecule has 0 N–H and O–H groups in total. The second-order valence-electron chi connectivity index (χ2n) is 6.68. The quantitative estimate of drug-likeness (QED) is 0.624. The molecule has 0 aliphatic rings. The number of benzene rings is 2. The number of methoxy groups -OCH3 is 2. The van der Waals surface area contributed by atoms with Gasteiger partial charge in [0.25, 0.3) is 5.91 Å². The van der Waals surface area contributed by atoms with Crippen molar-refractivity contribution in [2.75, 3.05) is 21.3 Å². The highest BCUT2D eigenvalue weighted by Crippen LogP contribution is 2.31. The topological polar surface area (TPSA) is 73.7 Å². The first kappa shape index (κ1) is 21.0. The summed E-state index contributed by atoms with van der Waals surface area (Å²) in [5.41, 5.74) is 0.442. The number of amides is 1. The number of halogens is 1. The molecular weight excluding hydrogens is 389 g/mol. The Morgan fingerprint density at radius 3 is 2.53 bits per heavy atom. The summed E-state index contributed by atoms with van der Waals surface area (Å²) in [6.07, 6.45) is 0. The number of hydrogen-bond donors (Lipinski definition) is 0. The summed E-state index contributed by atoms with van der Waals surface area (Å²) < 4.78 is 26.2. The van der Waals surface area contributed by atoms with E-state index >= 15 is 0 Å². The molecule has 30 heavy (non-hydrogen) atoms. The van der Waals surface area contributed by atoms with Crippen LogP contribution in [0.2, 0.25) is 0 Å². The van der Waals surface area contributed by atoms with Gasteiger partial charge >= 0.3 is 0 Å². The Labute approximate surface area is 173 Å². The molecule has 1 amide bonds. The molecule has 1 heterocycles. The Balaban J connectivity index is 1.97. The lowest BCUT2D eigenvalue weighted by molar-refractivity contribution is 0.0774. The third-order valence-electron chi connectivity index (χ3n) is 4.63. The van der Waals surface area contributed by atoms with Crippen LogP contribution in [0.25, 0.3) is 5.69 Å². The van der Waals surface area contributed by atoms with Crippen molar-refractivity contribution in [3.63, 3.8) is 0 Å². The molecule has 0 saturated carbocycles. The van der Waals surface area contributed by atoms with Crippen LogP contribution in [0.15, 0.2) is 53.3 Å². The number of rotatable bonds is 6. The van der Waals surface area contributed by atoms with Gasteiger partial charge in [0.15, 0.2) is 17.2 Å². The number of ether oxygens (including phenoxy) is 2. The Morgan fingerprint density at radius 1 is 1.13 bits per heavy atom. The Hall–Kier alpha value is -3.68. The number of aryl methyl sites for hydroxylation is 1. The van der Waals surface area contributed by atoms with E-state index in [1.54, 1.807) is 44.3 Å². The third-order valence-corrected chi connectivity index (χ3v) is 4.63. The number of aromatic nitrogens is 2. The lowest BCUT2D eigenvalue weighted by atomic mass is 10.1. The van der Waals surface area contributed by atoms with Crippen LogP contribution in [0.4, 0.5) is 4.39 Å². The maximum absolute atomic E-state index is 14.2. The molecule has 0 bridgehead atoms. The zero-order valence-electron chi connectivity index (χ0n) is 17.2. The molecule has 2 aromatic carbocycles. The normalized spacial score (nSPS) is 10.6. The maximum atomic E-state index is 14.2. The lowest BCUT2D eigenvalue weighted by Gasteiger charge is -2.20. The average Bonchev–Trinajstić information content (AvgIpc) is 2.73. The summed E-state index contributed by atoms with van der Waals surface area (Å²) in [5, 5.41) is 4.16. The molecule has 8 heteroatoms. The molecule has 0 radical (unpaired) electrons. The molecule has 0 fully saturated rings. The van der Waals surface area contributed by atoms with Gasteiger partial charge in [-0.3, -0.25) is 9.59 Å². The Morgan fingerprint density at radius 2 is 1.87 bits per heavy atom. The Kier molecular flexibility index (Phi) is 6.15. The van der Waals surface area contributed by atoms with Gasteiger partial charge in [-0.25, -0.2) is 9.07 Å². The van der Waals surface area contributed by atoms with Crippen molar-refractivity contribution in [3.8, 4) is 17.2 Å². The van der Waals surface area contributed by atoms with Crippen LogP contribution in [-0.2, 0) is 6.54 Å². The number of carbonyl (C=O) groups excluding carboxylic acids is 1. The van der Waals surface area contributed by atoms with Crippen LogP contribution in [0.5, 0.6) is 11.5 Å². The fourth-order valence-corrected chi connectivity index (χ4v) is 3.15. The molecule has 0 atom stereocenters. The minimum atomic E-state index is -0.588. The highest BCUT2D eigenvalue weighted by atomic mass is 19.1. The van der Waals surface area contributed by atoms with E-state index in [4.69, 9.17) is 9.47 Å². The number of carbonyl (C=O) groups is 1. The fraction of sp³-hybridized carbons (Fsp3) is 0.227. The minimum Gasteiger partial charge on any atom is -0.493 e. The minimum absolute atomic E-state index is 0.154. The molecule has 1 aromatic heterocycles. The van der Waals surface area contributed by atoms with E-state index in [-0.39, 0.29) is 17.9 Å². The first-order valence-electron chi connectivity index (χ1n) is 9.18. The Bertz CT molecular complexity index is 1140. The van der Waals surface area contributed by atoms with Crippen molar-refractivity contribution in [2.45, 2.75) is 13.5 Å². The molecule has 7 nitrogen and oxygen atoms in total. The molecule has 0 unspecified atom stereocenters. The SMILES string of the molecule is COc1cccc(CN(C)C(=O)c2nn(-c3ccccc3F)c(C)cc2=O)c1OC. The molecule has 0 aliphatic carbocycles. The highest BCUT2D eigenvalue weighted by molar-refractivity contribution is 5.92. The van der Waals surface area contributed by atoms with Crippen molar-refractivity contribution < 1.29 is 18.7 Å². The zero-order chi connectivity index (χ0) is 21.8. The van der Waals surface area contributed by atoms with Crippen LogP contribution >= 0.6 is 0 Å². The fourth-order valence-electron chi connectivity index (χ4n) is 3.15. The smallest absolute Gasteiger partial charge is 0.278 e. The van der Waals surface area contributed by atoms with Crippen LogP contribution in [0.1, 0.15) is 21.7 Å². The summed E-state index contributed by atoms with van der Waals surface area (Å²) in [5.74, 6) is -0.0638. The zero-order valence-corrected chi connectivity index (χ0v) is 17.2. The van der Waals surface area contributed by atoms with Gasteiger partial charge in [-0.2, -0.15) is 5.10 Å². The molecule has 156 valence electrons. The van der Waals surface area contributed by atoms with Crippen LogP contribution < -0.4 is 14.9 Å². The van der Waals surface area contributed by atoms with Gasteiger partial charge in [0.05, 0.1) is 14.2 Å². The van der Waals surface area contributed by atoms with Crippen LogP contribution in [-0.4, -0.2) is 41.9 Å². The predicted octanol–water partition coefficient (Wildman–Crippen LogP) is 2.97. The van der Waals surface area contributed by atoms with Crippen LogP contribution in [0, 0.1) is 12.7 Å².